The molecule has 0 radical (unpaired) electrons. The number of hydrogen-bond donors (Lipinski definition) is 0. The summed E-state index contributed by atoms with van der Waals surface area (Å²) >= 11 is 1.64. The lowest BCUT2D eigenvalue weighted by Crippen LogP contribution is -2.67. The van der Waals surface area contributed by atoms with Crippen molar-refractivity contribution in [2.24, 2.45) is 7.05 Å². The zero-order chi connectivity index (χ0) is 17.4. The Balaban J connectivity index is 1.31. The molecule has 0 aromatic carbocycles. The van der Waals surface area contributed by atoms with Crippen molar-refractivity contribution in [3.05, 3.63) is 34.0 Å². The highest BCUT2D eigenvalue weighted by Crippen LogP contribution is 2.36. The SMILES string of the molecule is Cc1nc(COC2CCOC3(C2)CN(C(=O)c2ccnn2C)C3)cs1. The Labute approximate surface area is 150 Å². The molecule has 25 heavy (non-hydrogen) atoms. The van der Waals surface area contributed by atoms with Crippen LogP contribution in [0.25, 0.3) is 0 Å². The number of aromatic nitrogens is 3. The van der Waals surface area contributed by atoms with Crippen LogP contribution in [0.2, 0.25) is 0 Å². The van der Waals surface area contributed by atoms with Gasteiger partial charge in [-0.3, -0.25) is 9.48 Å². The first-order valence-electron chi connectivity index (χ1n) is 8.48. The predicted molar refractivity (Wildman–Crippen MR) is 92.5 cm³/mol. The molecule has 2 aliphatic heterocycles. The minimum absolute atomic E-state index is 0.00946. The molecule has 0 aliphatic carbocycles. The van der Waals surface area contributed by atoms with Crippen molar-refractivity contribution in [3.63, 3.8) is 0 Å². The van der Waals surface area contributed by atoms with E-state index in [2.05, 4.69) is 10.1 Å². The zero-order valence-corrected chi connectivity index (χ0v) is 15.3. The molecule has 1 atom stereocenters. The number of ether oxygens (including phenoxy) is 2. The Morgan fingerprint density at radius 2 is 2.36 bits per heavy atom. The first-order chi connectivity index (χ1) is 12.0. The second-order valence-corrected chi connectivity index (χ2v) is 7.88. The van der Waals surface area contributed by atoms with Gasteiger partial charge in [0.15, 0.2) is 0 Å². The molecule has 1 amide bonds. The maximum atomic E-state index is 12.5. The second-order valence-electron chi connectivity index (χ2n) is 6.82. The molecule has 2 aromatic heterocycles. The molecule has 1 spiro atoms. The molecule has 2 aromatic rings. The van der Waals surface area contributed by atoms with Gasteiger partial charge in [-0.25, -0.2) is 4.98 Å². The van der Waals surface area contributed by atoms with Crippen molar-refractivity contribution >= 4 is 17.2 Å². The van der Waals surface area contributed by atoms with Gasteiger partial charge < -0.3 is 14.4 Å². The van der Waals surface area contributed by atoms with E-state index < -0.39 is 0 Å². The highest BCUT2D eigenvalue weighted by atomic mass is 32.1. The van der Waals surface area contributed by atoms with Gasteiger partial charge in [-0.1, -0.05) is 0 Å². The standard InChI is InChI=1S/C17H22N4O3S/c1-12-19-13(9-25-12)8-23-14-4-6-24-17(7-14)10-21(11-17)16(22)15-3-5-18-20(15)2/h3,5,9,14H,4,6-8,10-11H2,1-2H3. The average molecular weight is 362 g/mol. The van der Waals surface area contributed by atoms with Gasteiger partial charge in [-0.2, -0.15) is 5.10 Å². The van der Waals surface area contributed by atoms with Crippen molar-refractivity contribution < 1.29 is 14.3 Å². The summed E-state index contributed by atoms with van der Waals surface area (Å²) in [5, 5.41) is 7.17. The van der Waals surface area contributed by atoms with Crippen LogP contribution in [0.5, 0.6) is 0 Å². The maximum Gasteiger partial charge on any atom is 0.272 e. The quantitative estimate of drug-likeness (QED) is 0.829. The van der Waals surface area contributed by atoms with E-state index in [1.54, 1.807) is 35.3 Å². The number of likely N-dealkylation sites (tertiary alicyclic amines) is 1. The minimum Gasteiger partial charge on any atom is -0.372 e. The van der Waals surface area contributed by atoms with Crippen LogP contribution >= 0.6 is 11.3 Å². The van der Waals surface area contributed by atoms with Crippen LogP contribution in [0, 0.1) is 6.92 Å². The molecule has 2 aliphatic rings. The Morgan fingerprint density at radius 1 is 1.52 bits per heavy atom. The molecular formula is C17H22N4O3S. The van der Waals surface area contributed by atoms with Crippen LogP contribution in [0.4, 0.5) is 0 Å². The number of nitrogens with zero attached hydrogens (tertiary/aromatic N) is 4. The summed E-state index contributed by atoms with van der Waals surface area (Å²) in [6.07, 6.45) is 3.51. The van der Waals surface area contributed by atoms with Crippen molar-refractivity contribution in [2.75, 3.05) is 19.7 Å². The number of rotatable bonds is 4. The third-order valence-corrected chi connectivity index (χ3v) is 5.69. The molecule has 2 saturated heterocycles. The molecule has 1 unspecified atom stereocenters. The van der Waals surface area contributed by atoms with E-state index in [1.807, 2.05) is 17.2 Å². The highest BCUT2D eigenvalue weighted by molar-refractivity contribution is 7.09. The molecule has 0 saturated carbocycles. The molecule has 0 bridgehead atoms. The summed E-state index contributed by atoms with van der Waals surface area (Å²) in [5.74, 6) is 0.00946. The van der Waals surface area contributed by atoms with Gasteiger partial charge in [0, 0.05) is 31.7 Å². The summed E-state index contributed by atoms with van der Waals surface area (Å²) in [6, 6.07) is 1.75. The van der Waals surface area contributed by atoms with Gasteiger partial charge in [-0.15, -0.1) is 11.3 Å². The summed E-state index contributed by atoms with van der Waals surface area (Å²) in [4.78, 5) is 18.8. The van der Waals surface area contributed by atoms with E-state index in [9.17, 15) is 4.79 Å². The first kappa shape index (κ1) is 16.7. The van der Waals surface area contributed by atoms with Crippen LogP contribution in [0.15, 0.2) is 17.6 Å². The summed E-state index contributed by atoms with van der Waals surface area (Å²) < 4.78 is 13.7. The van der Waals surface area contributed by atoms with Crippen molar-refractivity contribution in [1.82, 2.24) is 19.7 Å². The van der Waals surface area contributed by atoms with E-state index in [1.165, 1.54) is 0 Å². The lowest BCUT2D eigenvalue weighted by Gasteiger charge is -2.52. The molecular weight excluding hydrogens is 340 g/mol. The predicted octanol–water partition coefficient (Wildman–Crippen LogP) is 1.78. The van der Waals surface area contributed by atoms with Gasteiger partial charge >= 0.3 is 0 Å². The minimum atomic E-state index is -0.255. The van der Waals surface area contributed by atoms with Gasteiger partial charge in [0.05, 0.1) is 36.5 Å². The topological polar surface area (TPSA) is 69.5 Å². The third kappa shape index (κ3) is 3.33. The summed E-state index contributed by atoms with van der Waals surface area (Å²) in [5.41, 5.74) is 1.34. The Morgan fingerprint density at radius 3 is 3.04 bits per heavy atom. The molecule has 0 N–H and O–H groups in total. The smallest absolute Gasteiger partial charge is 0.272 e. The van der Waals surface area contributed by atoms with Crippen LogP contribution < -0.4 is 0 Å². The van der Waals surface area contributed by atoms with Crippen molar-refractivity contribution in [3.8, 4) is 0 Å². The van der Waals surface area contributed by atoms with Gasteiger partial charge in [0.2, 0.25) is 0 Å². The molecule has 2 fully saturated rings. The summed E-state index contributed by atoms with van der Waals surface area (Å²) in [7, 11) is 1.78. The lowest BCUT2D eigenvalue weighted by atomic mass is 9.84. The molecule has 7 nitrogen and oxygen atoms in total. The van der Waals surface area contributed by atoms with E-state index in [0.717, 1.165) is 23.5 Å². The number of carbonyl (C=O) groups excluding carboxylic acids is 1. The number of amides is 1. The van der Waals surface area contributed by atoms with Gasteiger partial charge in [0.25, 0.3) is 5.91 Å². The third-order valence-electron chi connectivity index (χ3n) is 4.87. The fourth-order valence-electron chi connectivity index (χ4n) is 3.56. The molecule has 4 rings (SSSR count). The number of carbonyl (C=O) groups is 1. The van der Waals surface area contributed by atoms with Crippen LogP contribution in [-0.2, 0) is 23.1 Å². The summed E-state index contributed by atoms with van der Waals surface area (Å²) in [6.45, 7) is 4.45. The first-order valence-corrected chi connectivity index (χ1v) is 9.36. The van der Waals surface area contributed by atoms with Crippen molar-refractivity contribution in [1.29, 1.82) is 0 Å². The number of hydrogen-bond acceptors (Lipinski definition) is 6. The van der Waals surface area contributed by atoms with E-state index in [0.29, 0.717) is 32.0 Å². The van der Waals surface area contributed by atoms with Crippen molar-refractivity contribution in [2.45, 2.75) is 38.1 Å². The van der Waals surface area contributed by atoms with E-state index >= 15 is 0 Å². The maximum absolute atomic E-state index is 12.5. The van der Waals surface area contributed by atoms with Gasteiger partial charge in [-0.05, 0) is 19.4 Å². The van der Waals surface area contributed by atoms with E-state index in [-0.39, 0.29) is 17.6 Å². The largest absolute Gasteiger partial charge is 0.372 e. The zero-order valence-electron chi connectivity index (χ0n) is 14.5. The monoisotopic (exact) mass is 362 g/mol. The van der Waals surface area contributed by atoms with Crippen LogP contribution in [0.1, 0.15) is 34.0 Å². The fourth-order valence-corrected chi connectivity index (χ4v) is 4.16. The average Bonchev–Trinajstić information content (AvgIpc) is 3.18. The molecule has 8 heteroatoms. The number of aryl methyl sites for hydroxylation is 2. The highest BCUT2D eigenvalue weighted by Gasteiger charge is 2.50. The normalized spacial score (nSPS) is 22.2. The second kappa shape index (κ2) is 6.51. The van der Waals surface area contributed by atoms with Crippen LogP contribution in [0.3, 0.4) is 0 Å². The van der Waals surface area contributed by atoms with Gasteiger partial charge in [0.1, 0.15) is 11.3 Å². The molecule has 134 valence electrons. The van der Waals surface area contributed by atoms with E-state index in [4.69, 9.17) is 9.47 Å². The fraction of sp³-hybridized carbons (Fsp3) is 0.588. The Bertz CT molecular complexity index is 766. The Hall–Kier alpha value is -1.77. The lowest BCUT2D eigenvalue weighted by molar-refractivity contribution is -0.188. The Kier molecular flexibility index (Phi) is 4.35. The van der Waals surface area contributed by atoms with Crippen LogP contribution in [-0.4, -0.2) is 57.0 Å². The molecule has 4 heterocycles. The number of thiazole rings is 1.